The second kappa shape index (κ2) is 3.30. The first-order valence-corrected chi connectivity index (χ1v) is 3.93. The van der Waals surface area contributed by atoms with Crippen LogP contribution in [0.25, 0.3) is 5.57 Å². The molecule has 0 heterocycles. The molecule has 0 aromatic heterocycles. The van der Waals surface area contributed by atoms with Crippen LogP contribution in [-0.4, -0.2) is 0 Å². The van der Waals surface area contributed by atoms with Gasteiger partial charge in [-0.15, -0.1) is 0 Å². The fourth-order valence-corrected chi connectivity index (χ4v) is 1.10. The molecule has 0 spiro atoms. The summed E-state index contributed by atoms with van der Waals surface area (Å²) in [6, 6.07) is 5.58. The summed E-state index contributed by atoms with van der Waals surface area (Å²) in [4.78, 5) is 0. The molecule has 0 aliphatic carbocycles. The summed E-state index contributed by atoms with van der Waals surface area (Å²) in [7, 11) is 0. The lowest BCUT2D eigenvalue weighted by Gasteiger charge is -2.05. The summed E-state index contributed by atoms with van der Waals surface area (Å²) in [5.41, 5.74) is 15.0. The minimum Gasteiger partial charge on any atom is -0.399 e. The van der Waals surface area contributed by atoms with Crippen LogP contribution >= 0.6 is 0 Å². The summed E-state index contributed by atoms with van der Waals surface area (Å²) in [5, 5.41) is 0. The SMILES string of the molecule is C/C=C(\C)c1ccc(N)cc1N. The van der Waals surface area contributed by atoms with E-state index in [1.54, 1.807) is 6.07 Å². The molecule has 4 N–H and O–H groups in total. The number of benzene rings is 1. The number of anilines is 2. The zero-order valence-electron chi connectivity index (χ0n) is 7.46. The van der Waals surface area contributed by atoms with Gasteiger partial charge in [0.2, 0.25) is 0 Å². The predicted octanol–water partition coefficient (Wildman–Crippen LogP) is 2.27. The van der Waals surface area contributed by atoms with Crippen molar-refractivity contribution in [2.45, 2.75) is 13.8 Å². The first-order valence-electron chi connectivity index (χ1n) is 3.93. The highest BCUT2D eigenvalue weighted by atomic mass is 14.6. The van der Waals surface area contributed by atoms with Gasteiger partial charge in [0.15, 0.2) is 0 Å². The van der Waals surface area contributed by atoms with E-state index in [4.69, 9.17) is 11.5 Å². The highest BCUT2D eigenvalue weighted by Crippen LogP contribution is 2.22. The summed E-state index contributed by atoms with van der Waals surface area (Å²) in [6.45, 7) is 4.02. The highest BCUT2D eigenvalue weighted by molar-refractivity contribution is 5.75. The number of nitrogens with two attached hydrogens (primary N) is 2. The molecular weight excluding hydrogens is 148 g/mol. The Morgan fingerprint density at radius 2 is 2.00 bits per heavy atom. The van der Waals surface area contributed by atoms with Crippen molar-refractivity contribution in [1.29, 1.82) is 0 Å². The zero-order chi connectivity index (χ0) is 9.14. The minimum absolute atomic E-state index is 0.708. The van der Waals surface area contributed by atoms with Crippen LogP contribution in [0.1, 0.15) is 19.4 Å². The molecule has 0 fully saturated rings. The molecule has 64 valence electrons. The van der Waals surface area contributed by atoms with Crippen LogP contribution in [0.3, 0.4) is 0 Å². The lowest BCUT2D eigenvalue weighted by atomic mass is 10.1. The summed E-state index contributed by atoms with van der Waals surface area (Å²) < 4.78 is 0. The number of nitrogen functional groups attached to an aromatic ring is 2. The van der Waals surface area contributed by atoms with Crippen LogP contribution < -0.4 is 11.5 Å². The third-order valence-electron chi connectivity index (χ3n) is 1.93. The summed E-state index contributed by atoms with van der Waals surface area (Å²) >= 11 is 0. The standard InChI is InChI=1S/C10H14N2/c1-3-7(2)9-5-4-8(11)6-10(9)12/h3-6H,11-12H2,1-2H3/b7-3+. The van der Waals surface area contributed by atoms with Crippen molar-refractivity contribution >= 4 is 16.9 Å². The van der Waals surface area contributed by atoms with Gasteiger partial charge in [-0.3, -0.25) is 0 Å². The van der Waals surface area contributed by atoms with Crippen molar-refractivity contribution in [3.8, 4) is 0 Å². The molecule has 0 saturated carbocycles. The smallest absolute Gasteiger partial charge is 0.0410 e. The van der Waals surface area contributed by atoms with E-state index >= 15 is 0 Å². The molecule has 0 radical (unpaired) electrons. The number of rotatable bonds is 1. The van der Waals surface area contributed by atoms with E-state index in [1.807, 2.05) is 32.1 Å². The molecule has 0 aliphatic heterocycles. The zero-order valence-corrected chi connectivity index (χ0v) is 7.46. The lowest BCUT2D eigenvalue weighted by Crippen LogP contribution is -1.94. The average molecular weight is 162 g/mol. The Hall–Kier alpha value is -1.44. The van der Waals surface area contributed by atoms with E-state index in [2.05, 4.69) is 0 Å². The monoisotopic (exact) mass is 162 g/mol. The Morgan fingerprint density at radius 1 is 1.33 bits per heavy atom. The molecule has 1 aromatic carbocycles. The van der Waals surface area contributed by atoms with Crippen molar-refractivity contribution < 1.29 is 0 Å². The van der Waals surface area contributed by atoms with Gasteiger partial charge in [0, 0.05) is 16.9 Å². The Labute approximate surface area is 72.9 Å². The van der Waals surface area contributed by atoms with Gasteiger partial charge in [0.1, 0.15) is 0 Å². The molecule has 1 aromatic rings. The van der Waals surface area contributed by atoms with Crippen molar-refractivity contribution in [1.82, 2.24) is 0 Å². The maximum Gasteiger partial charge on any atom is 0.0410 e. The van der Waals surface area contributed by atoms with E-state index in [-0.39, 0.29) is 0 Å². The van der Waals surface area contributed by atoms with Gasteiger partial charge >= 0.3 is 0 Å². The Kier molecular flexibility index (Phi) is 2.38. The average Bonchev–Trinajstić information content (AvgIpc) is 2.03. The minimum atomic E-state index is 0.708. The fraction of sp³-hybridized carbons (Fsp3) is 0.200. The third-order valence-corrected chi connectivity index (χ3v) is 1.93. The van der Waals surface area contributed by atoms with Crippen molar-refractivity contribution in [2.24, 2.45) is 0 Å². The fourth-order valence-electron chi connectivity index (χ4n) is 1.10. The Morgan fingerprint density at radius 3 is 2.50 bits per heavy atom. The van der Waals surface area contributed by atoms with Crippen LogP contribution in [-0.2, 0) is 0 Å². The predicted molar refractivity (Wildman–Crippen MR) is 54.6 cm³/mol. The van der Waals surface area contributed by atoms with Crippen molar-refractivity contribution in [3.05, 3.63) is 29.8 Å². The van der Waals surface area contributed by atoms with E-state index in [0.29, 0.717) is 5.69 Å². The first-order chi connectivity index (χ1) is 5.65. The molecule has 2 heteroatoms. The molecule has 12 heavy (non-hydrogen) atoms. The molecule has 2 nitrogen and oxygen atoms in total. The topological polar surface area (TPSA) is 52.0 Å². The van der Waals surface area contributed by atoms with Crippen molar-refractivity contribution in [2.75, 3.05) is 11.5 Å². The van der Waals surface area contributed by atoms with Gasteiger partial charge < -0.3 is 11.5 Å². The van der Waals surface area contributed by atoms with E-state index in [9.17, 15) is 0 Å². The van der Waals surface area contributed by atoms with Crippen LogP contribution in [0.5, 0.6) is 0 Å². The summed E-state index contributed by atoms with van der Waals surface area (Å²) in [6.07, 6.45) is 2.03. The number of allylic oxidation sites excluding steroid dienone is 2. The normalized spacial score (nSPS) is 11.7. The van der Waals surface area contributed by atoms with Gasteiger partial charge in [0.25, 0.3) is 0 Å². The van der Waals surface area contributed by atoms with E-state index in [1.165, 1.54) is 5.57 Å². The third kappa shape index (κ3) is 1.59. The van der Waals surface area contributed by atoms with Gasteiger partial charge in [-0.05, 0) is 31.6 Å². The van der Waals surface area contributed by atoms with Gasteiger partial charge in [0.05, 0.1) is 0 Å². The maximum absolute atomic E-state index is 5.78. The van der Waals surface area contributed by atoms with Crippen LogP contribution in [0.2, 0.25) is 0 Å². The Balaban J connectivity index is 3.18. The van der Waals surface area contributed by atoms with Crippen LogP contribution in [0.4, 0.5) is 11.4 Å². The molecule has 0 bridgehead atoms. The second-order valence-electron chi connectivity index (χ2n) is 2.82. The van der Waals surface area contributed by atoms with E-state index in [0.717, 1.165) is 11.3 Å². The Bertz CT molecular complexity index is 314. The largest absolute Gasteiger partial charge is 0.399 e. The van der Waals surface area contributed by atoms with Crippen molar-refractivity contribution in [3.63, 3.8) is 0 Å². The molecule has 0 saturated heterocycles. The van der Waals surface area contributed by atoms with Gasteiger partial charge in [-0.25, -0.2) is 0 Å². The van der Waals surface area contributed by atoms with Gasteiger partial charge in [-0.1, -0.05) is 12.1 Å². The summed E-state index contributed by atoms with van der Waals surface area (Å²) in [5.74, 6) is 0. The number of hydrogen-bond acceptors (Lipinski definition) is 2. The number of hydrogen-bond donors (Lipinski definition) is 2. The van der Waals surface area contributed by atoms with Crippen LogP contribution in [0, 0.1) is 0 Å². The molecular formula is C10H14N2. The quantitative estimate of drug-likeness (QED) is 0.622. The maximum atomic E-state index is 5.78. The molecule has 0 atom stereocenters. The molecule has 0 aliphatic rings. The van der Waals surface area contributed by atoms with Gasteiger partial charge in [-0.2, -0.15) is 0 Å². The first kappa shape index (κ1) is 8.65. The molecule has 0 unspecified atom stereocenters. The molecule has 1 rings (SSSR count). The molecule has 0 amide bonds. The highest BCUT2D eigenvalue weighted by Gasteiger charge is 1.99. The van der Waals surface area contributed by atoms with E-state index < -0.39 is 0 Å². The van der Waals surface area contributed by atoms with Crippen LogP contribution in [0.15, 0.2) is 24.3 Å². The second-order valence-corrected chi connectivity index (χ2v) is 2.82. The lowest BCUT2D eigenvalue weighted by molar-refractivity contribution is 1.53.